The van der Waals surface area contributed by atoms with Crippen LogP contribution in [0, 0.1) is 5.92 Å². The number of allylic oxidation sites excluding steroid dienone is 3. The second kappa shape index (κ2) is 8.62. The van der Waals surface area contributed by atoms with E-state index in [2.05, 4.69) is 25.8 Å². The molecule has 0 aliphatic carbocycles. The Kier molecular flexibility index (Phi) is 5.97. The maximum atomic E-state index is 14.7. The Balaban J connectivity index is 1.48. The SMILES string of the molecule is CNc1ncccc1C(C)C1=C(F)C=CC(N2CCCC(C3CCCN3)C2)N1. The van der Waals surface area contributed by atoms with Crippen molar-refractivity contribution in [1.29, 1.82) is 0 Å². The molecule has 3 aliphatic rings. The highest BCUT2D eigenvalue weighted by Gasteiger charge is 2.33. The van der Waals surface area contributed by atoms with E-state index in [9.17, 15) is 4.39 Å². The fourth-order valence-electron chi connectivity index (χ4n) is 4.95. The summed E-state index contributed by atoms with van der Waals surface area (Å²) in [5.41, 5.74) is 1.65. The first-order chi connectivity index (χ1) is 13.7. The molecule has 2 saturated heterocycles. The summed E-state index contributed by atoms with van der Waals surface area (Å²) in [5.74, 6) is 1.22. The van der Waals surface area contributed by atoms with Crippen molar-refractivity contribution in [3.63, 3.8) is 0 Å². The third kappa shape index (κ3) is 3.94. The van der Waals surface area contributed by atoms with Crippen LogP contribution >= 0.6 is 0 Å². The van der Waals surface area contributed by atoms with E-state index in [4.69, 9.17) is 0 Å². The fraction of sp³-hybridized carbons (Fsp3) is 0.591. The standard InChI is InChI=1S/C22H32FN5/c1-15(17-7-3-12-26-22(17)24-2)21-18(23)9-10-20(27-21)28-13-5-6-16(14-28)19-8-4-11-25-19/h3,7,9-10,12,15-16,19-20,25,27H,4-6,8,11,13-14H2,1-2H3,(H,24,26). The molecule has 0 spiro atoms. The Morgan fingerprint density at radius 1 is 1.32 bits per heavy atom. The average Bonchev–Trinajstić information content (AvgIpc) is 3.29. The minimum absolute atomic E-state index is 0.0517. The number of halogens is 1. The molecule has 28 heavy (non-hydrogen) atoms. The molecule has 0 aromatic carbocycles. The molecule has 4 heterocycles. The van der Waals surface area contributed by atoms with E-state index in [1.165, 1.54) is 25.7 Å². The van der Waals surface area contributed by atoms with Gasteiger partial charge >= 0.3 is 0 Å². The van der Waals surface area contributed by atoms with Crippen LogP contribution in [0.1, 0.15) is 44.1 Å². The van der Waals surface area contributed by atoms with E-state index in [1.54, 1.807) is 12.3 Å². The van der Waals surface area contributed by atoms with E-state index in [1.807, 2.05) is 32.2 Å². The summed E-state index contributed by atoms with van der Waals surface area (Å²) in [6, 6.07) is 4.57. The molecular formula is C22H32FN5. The van der Waals surface area contributed by atoms with Crippen molar-refractivity contribution < 1.29 is 4.39 Å². The third-order valence-electron chi connectivity index (χ3n) is 6.51. The molecule has 0 bridgehead atoms. The predicted molar refractivity (Wildman–Crippen MR) is 112 cm³/mol. The highest BCUT2D eigenvalue weighted by Crippen LogP contribution is 2.33. The summed E-state index contributed by atoms with van der Waals surface area (Å²) in [5, 5.41) is 10.3. The van der Waals surface area contributed by atoms with Gasteiger partial charge in [-0.1, -0.05) is 13.0 Å². The molecule has 6 heteroatoms. The zero-order chi connectivity index (χ0) is 19.5. The van der Waals surface area contributed by atoms with Gasteiger partial charge in [-0.3, -0.25) is 4.90 Å². The molecule has 5 nitrogen and oxygen atoms in total. The molecule has 152 valence electrons. The Morgan fingerprint density at radius 3 is 3.00 bits per heavy atom. The van der Waals surface area contributed by atoms with Crippen LogP contribution < -0.4 is 16.0 Å². The van der Waals surface area contributed by atoms with Gasteiger partial charge in [0.05, 0.1) is 11.9 Å². The van der Waals surface area contributed by atoms with Crippen LogP contribution in [-0.4, -0.2) is 48.8 Å². The average molecular weight is 386 g/mol. The van der Waals surface area contributed by atoms with Gasteiger partial charge in [0, 0.05) is 43.9 Å². The minimum Gasteiger partial charge on any atom is -0.373 e. The van der Waals surface area contributed by atoms with Crippen molar-refractivity contribution in [2.45, 2.75) is 50.7 Å². The molecule has 4 rings (SSSR count). The van der Waals surface area contributed by atoms with Crippen LogP contribution in [0.2, 0.25) is 0 Å². The Bertz CT molecular complexity index is 740. The molecule has 0 amide bonds. The van der Waals surface area contributed by atoms with Gasteiger partial charge in [-0.25, -0.2) is 9.37 Å². The zero-order valence-corrected chi connectivity index (χ0v) is 16.9. The molecule has 0 saturated carbocycles. The van der Waals surface area contributed by atoms with Crippen molar-refractivity contribution in [3.8, 4) is 0 Å². The highest BCUT2D eigenvalue weighted by molar-refractivity contribution is 5.49. The molecule has 3 aliphatic heterocycles. The Morgan fingerprint density at radius 2 is 2.21 bits per heavy atom. The number of pyridine rings is 1. The predicted octanol–water partition coefficient (Wildman–Crippen LogP) is 3.36. The number of rotatable bonds is 5. The van der Waals surface area contributed by atoms with E-state index in [0.717, 1.165) is 31.0 Å². The van der Waals surface area contributed by atoms with Gasteiger partial charge in [0.2, 0.25) is 0 Å². The van der Waals surface area contributed by atoms with Crippen molar-refractivity contribution in [1.82, 2.24) is 20.5 Å². The highest BCUT2D eigenvalue weighted by atomic mass is 19.1. The first-order valence-corrected chi connectivity index (χ1v) is 10.6. The molecule has 4 unspecified atom stereocenters. The van der Waals surface area contributed by atoms with E-state index in [0.29, 0.717) is 17.7 Å². The van der Waals surface area contributed by atoms with Crippen LogP contribution in [0.4, 0.5) is 10.2 Å². The van der Waals surface area contributed by atoms with E-state index in [-0.39, 0.29) is 17.9 Å². The Labute approximate surface area is 167 Å². The fourth-order valence-corrected chi connectivity index (χ4v) is 4.95. The molecule has 1 aromatic rings. The number of hydrogen-bond donors (Lipinski definition) is 3. The molecule has 0 radical (unpaired) electrons. The summed E-state index contributed by atoms with van der Waals surface area (Å²) < 4.78 is 14.7. The molecule has 1 aromatic heterocycles. The number of nitrogens with one attached hydrogen (secondary N) is 3. The van der Waals surface area contributed by atoms with Crippen LogP contribution in [0.3, 0.4) is 0 Å². The van der Waals surface area contributed by atoms with Gasteiger partial charge in [0.25, 0.3) is 0 Å². The van der Waals surface area contributed by atoms with Crippen molar-refractivity contribution in [3.05, 3.63) is 47.6 Å². The first kappa shape index (κ1) is 19.4. The van der Waals surface area contributed by atoms with Crippen LogP contribution in [0.15, 0.2) is 42.0 Å². The number of anilines is 1. The van der Waals surface area contributed by atoms with Crippen molar-refractivity contribution in [2.24, 2.45) is 5.92 Å². The maximum Gasteiger partial charge on any atom is 0.142 e. The van der Waals surface area contributed by atoms with Crippen molar-refractivity contribution >= 4 is 5.82 Å². The maximum absolute atomic E-state index is 14.7. The minimum atomic E-state index is -0.180. The monoisotopic (exact) mass is 385 g/mol. The third-order valence-corrected chi connectivity index (χ3v) is 6.51. The number of aromatic nitrogens is 1. The summed E-state index contributed by atoms with van der Waals surface area (Å²) in [7, 11) is 1.85. The second-order valence-electron chi connectivity index (χ2n) is 8.22. The van der Waals surface area contributed by atoms with Crippen LogP contribution in [0.25, 0.3) is 0 Å². The van der Waals surface area contributed by atoms with E-state index >= 15 is 0 Å². The van der Waals surface area contributed by atoms with Gasteiger partial charge in [-0.15, -0.1) is 0 Å². The lowest BCUT2D eigenvalue weighted by molar-refractivity contribution is 0.113. The summed E-state index contributed by atoms with van der Waals surface area (Å²) in [4.78, 5) is 6.86. The molecule has 3 N–H and O–H groups in total. The topological polar surface area (TPSA) is 52.2 Å². The van der Waals surface area contributed by atoms with Crippen LogP contribution in [0.5, 0.6) is 0 Å². The van der Waals surface area contributed by atoms with Gasteiger partial charge in [-0.05, 0) is 56.4 Å². The molecular weight excluding hydrogens is 353 g/mol. The number of dihydropyridines is 1. The molecule has 2 fully saturated rings. The number of piperidine rings is 1. The van der Waals surface area contributed by atoms with Gasteiger partial charge in [-0.2, -0.15) is 0 Å². The Hall–Kier alpha value is -1.92. The van der Waals surface area contributed by atoms with Gasteiger partial charge < -0.3 is 16.0 Å². The lowest BCUT2D eigenvalue weighted by atomic mass is 9.89. The van der Waals surface area contributed by atoms with Crippen LogP contribution in [-0.2, 0) is 0 Å². The molecule has 4 atom stereocenters. The number of likely N-dealkylation sites (tertiary alicyclic amines) is 1. The van der Waals surface area contributed by atoms with Gasteiger partial charge in [0.1, 0.15) is 11.6 Å². The van der Waals surface area contributed by atoms with Crippen molar-refractivity contribution in [2.75, 3.05) is 32.0 Å². The summed E-state index contributed by atoms with van der Waals surface area (Å²) in [6.07, 6.45) is 10.5. The summed E-state index contributed by atoms with van der Waals surface area (Å²) >= 11 is 0. The number of hydrogen-bond acceptors (Lipinski definition) is 5. The smallest absolute Gasteiger partial charge is 0.142 e. The normalized spacial score (nSPS) is 29.6. The number of nitrogens with zero attached hydrogens (tertiary/aromatic N) is 2. The first-order valence-electron chi connectivity index (χ1n) is 10.6. The van der Waals surface area contributed by atoms with E-state index < -0.39 is 0 Å². The largest absolute Gasteiger partial charge is 0.373 e. The van der Waals surface area contributed by atoms with Gasteiger partial charge in [0.15, 0.2) is 0 Å². The summed E-state index contributed by atoms with van der Waals surface area (Å²) in [6.45, 7) is 5.31. The lowest BCUT2D eigenvalue weighted by Gasteiger charge is -2.41. The quantitative estimate of drug-likeness (QED) is 0.726. The second-order valence-corrected chi connectivity index (χ2v) is 8.22. The lowest BCUT2D eigenvalue weighted by Crippen LogP contribution is -2.52. The zero-order valence-electron chi connectivity index (χ0n) is 16.9.